The van der Waals surface area contributed by atoms with Crippen LogP contribution in [-0.2, 0) is 23.9 Å². The SMILES string of the molecule is CCCCCC(CCCCC)CCOC(=O)CCCCCCCC(=O)CCCCCC(=O)OCCC12CCC(CC1)CC2. The highest BCUT2D eigenvalue weighted by Gasteiger charge is 2.39. The number of Topliss-reactive ketones (excluding diaryl/α,β-unsaturated/α-hetero) is 1. The third kappa shape index (κ3) is 18.2. The Bertz CT molecular complexity index is 715. The molecule has 0 atom stereocenters. The number of carbonyl (C=O) groups is 3. The molecule has 3 aliphatic carbocycles. The molecule has 0 unspecified atom stereocenters. The normalized spacial score (nSPS) is 19.6. The summed E-state index contributed by atoms with van der Waals surface area (Å²) in [5.41, 5.74) is 0.466. The van der Waals surface area contributed by atoms with Gasteiger partial charge in [-0.1, -0.05) is 90.9 Å². The van der Waals surface area contributed by atoms with Crippen molar-refractivity contribution in [1.82, 2.24) is 0 Å². The molecule has 0 aromatic rings. The van der Waals surface area contributed by atoms with Crippen molar-refractivity contribution < 1.29 is 23.9 Å². The Balaban J connectivity index is 1.35. The Morgan fingerprint density at radius 3 is 1.58 bits per heavy atom. The number of fused-ring (bicyclic) bond motifs is 3. The molecule has 3 aliphatic rings. The molecule has 0 heterocycles. The van der Waals surface area contributed by atoms with Gasteiger partial charge in [0.15, 0.2) is 0 Å². The first-order chi connectivity index (χ1) is 21.0. The highest BCUT2D eigenvalue weighted by Crippen LogP contribution is 2.52. The molecule has 0 spiro atoms. The lowest BCUT2D eigenvalue weighted by Crippen LogP contribution is -2.35. The van der Waals surface area contributed by atoms with E-state index >= 15 is 0 Å². The van der Waals surface area contributed by atoms with Gasteiger partial charge in [-0.05, 0) is 94.3 Å². The molecular formula is C38H68O5. The van der Waals surface area contributed by atoms with Crippen LogP contribution in [0.2, 0.25) is 0 Å². The van der Waals surface area contributed by atoms with Crippen molar-refractivity contribution in [3.63, 3.8) is 0 Å². The largest absolute Gasteiger partial charge is 0.466 e. The molecule has 0 aromatic heterocycles. The van der Waals surface area contributed by atoms with Gasteiger partial charge in [0.2, 0.25) is 0 Å². The minimum Gasteiger partial charge on any atom is -0.466 e. The zero-order valence-corrected chi connectivity index (χ0v) is 28.4. The summed E-state index contributed by atoms with van der Waals surface area (Å²) in [7, 11) is 0. The fourth-order valence-electron chi connectivity index (χ4n) is 7.39. The smallest absolute Gasteiger partial charge is 0.305 e. The number of carbonyl (C=O) groups excluding carboxylic acids is 3. The third-order valence-corrected chi connectivity index (χ3v) is 10.5. The van der Waals surface area contributed by atoms with Crippen LogP contribution in [0.4, 0.5) is 0 Å². The fourth-order valence-corrected chi connectivity index (χ4v) is 7.39. The number of unbranched alkanes of at least 4 members (excludes halogenated alkanes) is 10. The van der Waals surface area contributed by atoms with Gasteiger partial charge in [-0.25, -0.2) is 0 Å². The van der Waals surface area contributed by atoms with Gasteiger partial charge in [0.25, 0.3) is 0 Å². The average Bonchev–Trinajstić information content (AvgIpc) is 3.01. The van der Waals surface area contributed by atoms with Crippen LogP contribution in [0.5, 0.6) is 0 Å². The predicted octanol–water partition coefficient (Wildman–Crippen LogP) is 10.9. The van der Waals surface area contributed by atoms with Gasteiger partial charge in [-0.2, -0.15) is 0 Å². The van der Waals surface area contributed by atoms with E-state index in [1.165, 1.54) is 89.9 Å². The van der Waals surface area contributed by atoms with Gasteiger partial charge in [-0.3, -0.25) is 14.4 Å². The molecule has 0 N–H and O–H groups in total. The van der Waals surface area contributed by atoms with Gasteiger partial charge < -0.3 is 9.47 Å². The molecule has 43 heavy (non-hydrogen) atoms. The number of esters is 2. The van der Waals surface area contributed by atoms with Gasteiger partial charge in [0.05, 0.1) is 13.2 Å². The first-order valence-electron chi connectivity index (χ1n) is 18.8. The van der Waals surface area contributed by atoms with E-state index in [4.69, 9.17) is 9.47 Å². The van der Waals surface area contributed by atoms with Crippen LogP contribution < -0.4 is 0 Å². The Kier molecular flexibility index (Phi) is 21.0. The van der Waals surface area contributed by atoms with Gasteiger partial charge >= 0.3 is 11.9 Å². The second-order valence-electron chi connectivity index (χ2n) is 14.2. The first-order valence-corrected chi connectivity index (χ1v) is 18.8. The summed E-state index contributed by atoms with van der Waals surface area (Å²) in [6.07, 6.45) is 30.3. The van der Waals surface area contributed by atoms with Crippen LogP contribution in [0, 0.1) is 17.3 Å². The van der Waals surface area contributed by atoms with Crippen LogP contribution >= 0.6 is 0 Å². The van der Waals surface area contributed by atoms with Crippen molar-refractivity contribution in [2.24, 2.45) is 17.3 Å². The lowest BCUT2D eigenvalue weighted by atomic mass is 9.59. The molecule has 3 fully saturated rings. The molecule has 0 radical (unpaired) electrons. The maximum absolute atomic E-state index is 12.2. The minimum absolute atomic E-state index is 0.0461. The second-order valence-corrected chi connectivity index (χ2v) is 14.2. The molecule has 3 saturated carbocycles. The average molecular weight is 605 g/mol. The molecule has 2 bridgehead atoms. The summed E-state index contributed by atoms with van der Waals surface area (Å²) >= 11 is 0. The quantitative estimate of drug-likeness (QED) is 0.0656. The zero-order valence-electron chi connectivity index (χ0n) is 28.4. The Labute approximate surface area is 265 Å². The first kappa shape index (κ1) is 37.8. The molecule has 5 nitrogen and oxygen atoms in total. The number of hydrogen-bond acceptors (Lipinski definition) is 5. The lowest BCUT2D eigenvalue weighted by Gasteiger charge is -2.46. The number of ether oxygens (including phenoxy) is 2. The zero-order chi connectivity index (χ0) is 31.0. The Hall–Kier alpha value is -1.39. The molecule has 0 amide bonds. The van der Waals surface area contributed by atoms with Crippen molar-refractivity contribution in [2.45, 2.75) is 194 Å². The summed E-state index contributed by atoms with van der Waals surface area (Å²) in [5, 5.41) is 0. The highest BCUT2D eigenvalue weighted by atomic mass is 16.5. The van der Waals surface area contributed by atoms with Crippen molar-refractivity contribution in [1.29, 1.82) is 0 Å². The molecule has 250 valence electrons. The van der Waals surface area contributed by atoms with Gasteiger partial charge in [-0.15, -0.1) is 0 Å². The third-order valence-electron chi connectivity index (χ3n) is 10.5. The predicted molar refractivity (Wildman–Crippen MR) is 177 cm³/mol. The molecule has 5 heteroatoms. The maximum atomic E-state index is 12.2. The monoisotopic (exact) mass is 605 g/mol. The molecular weight excluding hydrogens is 536 g/mol. The molecule has 0 saturated heterocycles. The fraction of sp³-hybridized carbons (Fsp3) is 0.921. The van der Waals surface area contributed by atoms with E-state index < -0.39 is 0 Å². The van der Waals surface area contributed by atoms with Crippen molar-refractivity contribution >= 4 is 17.7 Å². The topological polar surface area (TPSA) is 69.7 Å². The molecule has 0 aromatic carbocycles. The number of hydrogen-bond donors (Lipinski definition) is 0. The van der Waals surface area contributed by atoms with Crippen LogP contribution in [0.3, 0.4) is 0 Å². The number of rotatable bonds is 28. The number of ketones is 1. The minimum atomic E-state index is -0.0651. The van der Waals surface area contributed by atoms with Crippen molar-refractivity contribution in [2.75, 3.05) is 13.2 Å². The molecule has 0 aliphatic heterocycles. The van der Waals surface area contributed by atoms with Crippen LogP contribution in [-0.4, -0.2) is 30.9 Å². The maximum Gasteiger partial charge on any atom is 0.305 e. The lowest BCUT2D eigenvalue weighted by molar-refractivity contribution is -0.145. The summed E-state index contributed by atoms with van der Waals surface area (Å²) in [6, 6.07) is 0. The van der Waals surface area contributed by atoms with Crippen molar-refractivity contribution in [3.05, 3.63) is 0 Å². The summed E-state index contributed by atoms with van der Waals surface area (Å²) in [6.45, 7) is 5.67. The summed E-state index contributed by atoms with van der Waals surface area (Å²) in [4.78, 5) is 36.5. The Morgan fingerprint density at radius 2 is 1.05 bits per heavy atom. The second kappa shape index (κ2) is 23.9. The van der Waals surface area contributed by atoms with E-state index in [2.05, 4.69) is 13.8 Å². The van der Waals surface area contributed by atoms with Crippen molar-refractivity contribution in [3.8, 4) is 0 Å². The van der Waals surface area contributed by atoms with Gasteiger partial charge in [0.1, 0.15) is 5.78 Å². The van der Waals surface area contributed by atoms with Gasteiger partial charge in [0, 0.05) is 25.7 Å². The standard InChI is InChI=1S/C38H68O5/c1-3-5-11-17-33(18-12-6-4-2)26-31-42-36(40)21-15-9-7-8-13-19-35(39)20-14-10-16-22-37(41)43-32-30-38-27-23-34(24-28-38)25-29-38/h33-34H,3-32H2,1-2H3. The molecule has 3 rings (SSSR count). The Morgan fingerprint density at radius 1 is 0.581 bits per heavy atom. The van der Waals surface area contributed by atoms with E-state index in [0.717, 1.165) is 70.1 Å². The van der Waals surface area contributed by atoms with E-state index in [9.17, 15) is 14.4 Å². The van der Waals surface area contributed by atoms with E-state index in [1.54, 1.807) is 0 Å². The van der Waals surface area contributed by atoms with E-state index in [0.29, 0.717) is 56.0 Å². The van der Waals surface area contributed by atoms with E-state index in [1.807, 2.05) is 0 Å². The van der Waals surface area contributed by atoms with E-state index in [-0.39, 0.29) is 11.9 Å². The van der Waals surface area contributed by atoms with Crippen LogP contribution in [0.25, 0.3) is 0 Å². The van der Waals surface area contributed by atoms with Crippen LogP contribution in [0.15, 0.2) is 0 Å². The summed E-state index contributed by atoms with van der Waals surface area (Å²) < 4.78 is 11.1. The summed E-state index contributed by atoms with van der Waals surface area (Å²) in [5.74, 6) is 1.90. The van der Waals surface area contributed by atoms with Crippen LogP contribution in [0.1, 0.15) is 194 Å². The highest BCUT2D eigenvalue weighted by molar-refractivity contribution is 5.78.